The minimum Gasteiger partial charge on any atom is -0.430 e. The molecule has 0 amide bonds. The van der Waals surface area contributed by atoms with Gasteiger partial charge >= 0.3 is 6.16 Å². The first kappa shape index (κ1) is 12.2. The molecule has 3 nitrogen and oxygen atoms in total. The minimum atomic E-state index is -0.715. The van der Waals surface area contributed by atoms with E-state index in [-0.39, 0.29) is 6.61 Å². The van der Waals surface area contributed by atoms with E-state index in [1.165, 1.54) is 6.08 Å². The van der Waals surface area contributed by atoms with Gasteiger partial charge in [-0.3, -0.25) is 0 Å². The summed E-state index contributed by atoms with van der Waals surface area (Å²) in [4.78, 5) is 11.4. The summed E-state index contributed by atoms with van der Waals surface area (Å²) in [6, 6.07) is 11.6. The van der Waals surface area contributed by atoms with Crippen molar-refractivity contribution in [1.82, 2.24) is 0 Å². The second-order valence-electron chi connectivity index (χ2n) is 3.86. The summed E-state index contributed by atoms with van der Waals surface area (Å²) >= 11 is 0. The smallest absolute Gasteiger partial charge is 0.430 e. The van der Waals surface area contributed by atoms with Crippen molar-refractivity contribution in [1.29, 1.82) is 0 Å². The Labute approximate surface area is 106 Å². The van der Waals surface area contributed by atoms with Crippen LogP contribution in [0.25, 0.3) is 10.8 Å². The zero-order chi connectivity index (χ0) is 13.0. The summed E-state index contributed by atoms with van der Waals surface area (Å²) in [5, 5.41) is 2.17. The molecule has 0 saturated heterocycles. The lowest BCUT2D eigenvalue weighted by molar-refractivity contribution is 0.109. The van der Waals surface area contributed by atoms with Crippen molar-refractivity contribution in [3.63, 3.8) is 0 Å². The van der Waals surface area contributed by atoms with Gasteiger partial charge in [0.1, 0.15) is 12.4 Å². The zero-order valence-electron chi connectivity index (χ0n) is 10.2. The molecule has 0 heterocycles. The second kappa shape index (κ2) is 5.36. The number of aryl methyl sites for hydroxylation is 1. The molecule has 3 heteroatoms. The summed E-state index contributed by atoms with van der Waals surface area (Å²) in [6.45, 7) is 5.52. The van der Waals surface area contributed by atoms with Crippen LogP contribution in [0.15, 0.2) is 49.1 Å². The highest BCUT2D eigenvalue weighted by Gasteiger charge is 2.09. The average molecular weight is 242 g/mol. The number of rotatable bonds is 3. The van der Waals surface area contributed by atoms with E-state index in [9.17, 15) is 4.79 Å². The third kappa shape index (κ3) is 2.51. The van der Waals surface area contributed by atoms with Crippen molar-refractivity contribution in [2.75, 3.05) is 6.61 Å². The number of fused-ring (bicyclic) bond motifs is 1. The Kier molecular flexibility index (Phi) is 3.63. The van der Waals surface area contributed by atoms with E-state index in [1.54, 1.807) is 6.07 Å². The second-order valence-corrected chi connectivity index (χ2v) is 3.86. The molecular formula is C15H14O3. The molecule has 2 aromatic rings. The summed E-state index contributed by atoms with van der Waals surface area (Å²) in [6.07, 6.45) is 0.780. The van der Waals surface area contributed by atoms with Crippen LogP contribution in [0, 0.1) is 6.92 Å². The molecule has 0 aliphatic carbocycles. The molecule has 0 spiro atoms. The highest BCUT2D eigenvalue weighted by Crippen LogP contribution is 2.27. The van der Waals surface area contributed by atoms with Crippen molar-refractivity contribution in [3.8, 4) is 5.75 Å². The summed E-state index contributed by atoms with van der Waals surface area (Å²) in [5.74, 6) is 0.516. The zero-order valence-corrected chi connectivity index (χ0v) is 10.2. The maximum absolute atomic E-state index is 11.4. The molecule has 0 atom stereocenters. The van der Waals surface area contributed by atoms with Crippen molar-refractivity contribution in [2.24, 2.45) is 0 Å². The molecule has 0 aromatic heterocycles. The van der Waals surface area contributed by atoms with Gasteiger partial charge in [0.05, 0.1) is 0 Å². The highest BCUT2D eigenvalue weighted by molar-refractivity contribution is 5.88. The van der Waals surface area contributed by atoms with Crippen LogP contribution in [0.4, 0.5) is 4.79 Å². The van der Waals surface area contributed by atoms with Gasteiger partial charge in [0.15, 0.2) is 0 Å². The summed E-state index contributed by atoms with van der Waals surface area (Å²) in [5.41, 5.74) is 0.920. The molecule has 0 unspecified atom stereocenters. The first-order valence-corrected chi connectivity index (χ1v) is 5.66. The van der Waals surface area contributed by atoms with Crippen LogP contribution in [-0.2, 0) is 4.74 Å². The predicted octanol–water partition coefficient (Wildman–Crippen LogP) is 3.85. The van der Waals surface area contributed by atoms with Gasteiger partial charge in [-0.05, 0) is 29.3 Å². The predicted molar refractivity (Wildman–Crippen MR) is 70.9 cm³/mol. The molecule has 0 aliphatic rings. The summed E-state index contributed by atoms with van der Waals surface area (Å²) in [7, 11) is 0. The van der Waals surface area contributed by atoms with Crippen LogP contribution in [0.3, 0.4) is 0 Å². The number of ether oxygens (including phenoxy) is 2. The maximum Gasteiger partial charge on any atom is 0.514 e. The molecule has 0 aliphatic heterocycles. The van der Waals surface area contributed by atoms with E-state index in [0.717, 1.165) is 16.3 Å². The van der Waals surface area contributed by atoms with E-state index in [2.05, 4.69) is 6.58 Å². The van der Waals surface area contributed by atoms with Crippen molar-refractivity contribution in [3.05, 3.63) is 54.6 Å². The first-order chi connectivity index (χ1) is 8.72. The molecule has 2 aromatic carbocycles. The van der Waals surface area contributed by atoms with E-state index >= 15 is 0 Å². The van der Waals surface area contributed by atoms with Crippen LogP contribution in [-0.4, -0.2) is 12.8 Å². The fourth-order valence-corrected chi connectivity index (χ4v) is 1.76. The van der Waals surface area contributed by atoms with Gasteiger partial charge in [0.2, 0.25) is 0 Å². The fourth-order valence-electron chi connectivity index (χ4n) is 1.76. The normalized spacial score (nSPS) is 10.1. The maximum atomic E-state index is 11.4. The molecule has 18 heavy (non-hydrogen) atoms. The van der Waals surface area contributed by atoms with E-state index in [0.29, 0.717) is 5.75 Å². The van der Waals surface area contributed by atoms with Crippen LogP contribution in [0.5, 0.6) is 5.75 Å². The van der Waals surface area contributed by atoms with Crippen molar-refractivity contribution < 1.29 is 14.3 Å². The lowest BCUT2D eigenvalue weighted by Crippen LogP contribution is -2.11. The van der Waals surface area contributed by atoms with Crippen LogP contribution in [0.1, 0.15) is 5.56 Å². The topological polar surface area (TPSA) is 35.5 Å². The standard InChI is InChI=1S/C15H14O3/c1-3-10-17-15(16)18-14-9-8-12-6-4-5-7-13(12)11(14)2/h3-9H,1,10H2,2H3. The molecule has 0 fully saturated rings. The first-order valence-electron chi connectivity index (χ1n) is 5.66. The molecule has 0 saturated carbocycles. The number of carbonyl (C=O) groups is 1. The van der Waals surface area contributed by atoms with Crippen LogP contribution < -0.4 is 4.74 Å². The van der Waals surface area contributed by atoms with Gasteiger partial charge in [-0.2, -0.15) is 0 Å². The Morgan fingerprint density at radius 2 is 2.06 bits per heavy atom. The minimum absolute atomic E-state index is 0.144. The van der Waals surface area contributed by atoms with Gasteiger partial charge in [-0.25, -0.2) is 4.79 Å². The monoisotopic (exact) mass is 242 g/mol. The molecule has 0 radical (unpaired) electrons. The van der Waals surface area contributed by atoms with E-state index < -0.39 is 6.16 Å². The van der Waals surface area contributed by atoms with E-state index in [1.807, 2.05) is 37.3 Å². The molecular weight excluding hydrogens is 228 g/mol. The lowest BCUT2D eigenvalue weighted by atomic mass is 10.1. The molecule has 0 bridgehead atoms. The van der Waals surface area contributed by atoms with Gasteiger partial charge < -0.3 is 9.47 Å². The SMILES string of the molecule is C=CCOC(=O)Oc1ccc2ccccc2c1C. The van der Waals surface area contributed by atoms with Crippen LogP contribution in [0.2, 0.25) is 0 Å². The van der Waals surface area contributed by atoms with Crippen LogP contribution >= 0.6 is 0 Å². The Morgan fingerprint density at radius 1 is 1.28 bits per heavy atom. The largest absolute Gasteiger partial charge is 0.514 e. The number of hydrogen-bond donors (Lipinski definition) is 0. The number of hydrogen-bond acceptors (Lipinski definition) is 3. The Morgan fingerprint density at radius 3 is 2.83 bits per heavy atom. The van der Waals surface area contributed by atoms with Crippen molar-refractivity contribution >= 4 is 16.9 Å². The molecule has 2 rings (SSSR count). The highest BCUT2D eigenvalue weighted by atomic mass is 16.7. The third-order valence-electron chi connectivity index (χ3n) is 2.66. The Bertz CT molecular complexity index is 587. The lowest BCUT2D eigenvalue weighted by Gasteiger charge is -2.09. The van der Waals surface area contributed by atoms with Crippen molar-refractivity contribution in [2.45, 2.75) is 6.92 Å². The third-order valence-corrected chi connectivity index (χ3v) is 2.66. The number of benzene rings is 2. The molecule has 0 N–H and O–H groups in total. The fraction of sp³-hybridized carbons (Fsp3) is 0.133. The Hall–Kier alpha value is -2.29. The van der Waals surface area contributed by atoms with Gasteiger partial charge in [0, 0.05) is 0 Å². The average Bonchev–Trinajstić information content (AvgIpc) is 2.40. The summed E-state index contributed by atoms with van der Waals surface area (Å²) < 4.78 is 9.93. The number of carbonyl (C=O) groups excluding carboxylic acids is 1. The van der Waals surface area contributed by atoms with E-state index in [4.69, 9.17) is 9.47 Å². The van der Waals surface area contributed by atoms with Gasteiger partial charge in [0.25, 0.3) is 0 Å². The van der Waals surface area contributed by atoms with Gasteiger partial charge in [-0.15, -0.1) is 0 Å². The molecule has 92 valence electrons. The Balaban J connectivity index is 2.26. The quantitative estimate of drug-likeness (QED) is 0.466. The van der Waals surface area contributed by atoms with Gasteiger partial charge in [-0.1, -0.05) is 43.0 Å².